The molecule has 30 heavy (non-hydrogen) atoms. The summed E-state index contributed by atoms with van der Waals surface area (Å²) in [7, 11) is 0. The highest BCUT2D eigenvalue weighted by Gasteiger charge is 2.23. The highest BCUT2D eigenvalue weighted by molar-refractivity contribution is 5.98. The Morgan fingerprint density at radius 2 is 1.93 bits per heavy atom. The van der Waals surface area contributed by atoms with Crippen molar-refractivity contribution in [2.75, 3.05) is 11.4 Å². The van der Waals surface area contributed by atoms with Crippen LogP contribution in [0.15, 0.2) is 46.9 Å². The maximum absolute atomic E-state index is 13.0. The molecule has 0 saturated heterocycles. The molecule has 1 aromatic carbocycles. The fourth-order valence-corrected chi connectivity index (χ4v) is 3.59. The third-order valence-corrected chi connectivity index (χ3v) is 5.08. The Morgan fingerprint density at radius 1 is 1.17 bits per heavy atom. The molecule has 1 aliphatic carbocycles. The number of aromatic nitrogens is 4. The highest BCUT2D eigenvalue weighted by Crippen LogP contribution is 2.19. The zero-order chi connectivity index (χ0) is 20.9. The van der Waals surface area contributed by atoms with Crippen molar-refractivity contribution in [2.24, 2.45) is 0 Å². The summed E-state index contributed by atoms with van der Waals surface area (Å²) in [4.78, 5) is 28.3. The van der Waals surface area contributed by atoms with Crippen molar-refractivity contribution < 1.29 is 14.0 Å². The lowest BCUT2D eigenvalue weighted by Gasteiger charge is -2.23. The van der Waals surface area contributed by atoms with Crippen molar-refractivity contribution in [3.8, 4) is 11.6 Å². The third kappa shape index (κ3) is 4.73. The standard InChI is InChI=1S/C21H24N6O3/c1-15-11-12-18(30-15)21-23-25-27(24-21)14-20(29)26(17-9-3-2-4-10-17)13-19(28)22-16-7-5-6-8-16/h2-4,9-12,16H,5-8,13-14H2,1H3,(H,22,28). The van der Waals surface area contributed by atoms with Gasteiger partial charge in [-0.3, -0.25) is 9.59 Å². The summed E-state index contributed by atoms with van der Waals surface area (Å²) in [5.41, 5.74) is 0.645. The van der Waals surface area contributed by atoms with Gasteiger partial charge in [-0.15, -0.1) is 10.2 Å². The van der Waals surface area contributed by atoms with Crippen LogP contribution < -0.4 is 10.2 Å². The van der Waals surface area contributed by atoms with Gasteiger partial charge in [-0.2, -0.15) is 4.80 Å². The van der Waals surface area contributed by atoms with E-state index in [9.17, 15) is 9.59 Å². The van der Waals surface area contributed by atoms with Crippen LogP contribution in [-0.4, -0.2) is 44.6 Å². The van der Waals surface area contributed by atoms with E-state index in [1.807, 2.05) is 25.1 Å². The molecule has 2 amide bonds. The zero-order valence-corrected chi connectivity index (χ0v) is 16.8. The average molecular weight is 408 g/mol. The molecule has 1 saturated carbocycles. The second-order valence-electron chi connectivity index (χ2n) is 7.42. The van der Waals surface area contributed by atoms with Crippen LogP contribution in [-0.2, 0) is 16.1 Å². The molecule has 2 aromatic heterocycles. The van der Waals surface area contributed by atoms with E-state index in [2.05, 4.69) is 20.7 Å². The first kappa shape index (κ1) is 19.8. The van der Waals surface area contributed by atoms with E-state index in [0.717, 1.165) is 31.4 Å². The summed E-state index contributed by atoms with van der Waals surface area (Å²) in [5.74, 6) is 1.06. The van der Waals surface area contributed by atoms with Gasteiger partial charge in [0, 0.05) is 11.7 Å². The second-order valence-corrected chi connectivity index (χ2v) is 7.42. The van der Waals surface area contributed by atoms with Gasteiger partial charge in [-0.25, -0.2) is 0 Å². The molecule has 0 aliphatic heterocycles. The number of furan rings is 1. The van der Waals surface area contributed by atoms with Gasteiger partial charge in [0.2, 0.25) is 11.7 Å². The van der Waals surface area contributed by atoms with Gasteiger partial charge >= 0.3 is 0 Å². The lowest BCUT2D eigenvalue weighted by atomic mass is 10.2. The van der Waals surface area contributed by atoms with Crippen molar-refractivity contribution in [1.29, 1.82) is 0 Å². The van der Waals surface area contributed by atoms with Gasteiger partial charge in [0.1, 0.15) is 18.8 Å². The van der Waals surface area contributed by atoms with Gasteiger partial charge in [0.15, 0.2) is 5.76 Å². The van der Waals surface area contributed by atoms with Crippen LogP contribution in [0.5, 0.6) is 0 Å². The van der Waals surface area contributed by atoms with Gasteiger partial charge in [0.25, 0.3) is 5.91 Å². The molecule has 1 fully saturated rings. The van der Waals surface area contributed by atoms with Crippen LogP contribution in [0.25, 0.3) is 11.6 Å². The van der Waals surface area contributed by atoms with Crippen LogP contribution in [0.1, 0.15) is 31.4 Å². The van der Waals surface area contributed by atoms with Crippen LogP contribution >= 0.6 is 0 Å². The number of carbonyl (C=O) groups is 2. The molecule has 1 aliphatic rings. The molecule has 1 N–H and O–H groups in total. The molecular formula is C21H24N6O3. The molecule has 9 heteroatoms. The summed E-state index contributed by atoms with van der Waals surface area (Å²) in [6.07, 6.45) is 4.23. The summed E-state index contributed by atoms with van der Waals surface area (Å²) in [6, 6.07) is 12.9. The van der Waals surface area contributed by atoms with Gasteiger partial charge < -0.3 is 14.6 Å². The molecule has 156 valence electrons. The number of nitrogens with one attached hydrogen (secondary N) is 1. The van der Waals surface area contributed by atoms with Gasteiger partial charge in [0.05, 0.1) is 0 Å². The van der Waals surface area contributed by atoms with E-state index in [-0.39, 0.29) is 30.9 Å². The van der Waals surface area contributed by atoms with E-state index in [1.165, 1.54) is 9.70 Å². The molecule has 2 heterocycles. The topological polar surface area (TPSA) is 106 Å². The predicted octanol–water partition coefficient (Wildman–Crippen LogP) is 2.33. The van der Waals surface area contributed by atoms with Gasteiger partial charge in [-0.1, -0.05) is 31.0 Å². The number of carbonyl (C=O) groups excluding carboxylic acids is 2. The van der Waals surface area contributed by atoms with E-state index >= 15 is 0 Å². The van der Waals surface area contributed by atoms with Crippen molar-refractivity contribution in [2.45, 2.75) is 45.2 Å². The van der Waals surface area contributed by atoms with E-state index < -0.39 is 0 Å². The monoisotopic (exact) mass is 408 g/mol. The Balaban J connectivity index is 1.46. The average Bonchev–Trinajstić information content (AvgIpc) is 3.49. The second kappa shape index (κ2) is 8.89. The molecule has 4 rings (SSSR count). The zero-order valence-electron chi connectivity index (χ0n) is 16.8. The Labute approximate surface area is 174 Å². The number of hydrogen-bond donors (Lipinski definition) is 1. The lowest BCUT2D eigenvalue weighted by molar-refractivity contribution is -0.124. The van der Waals surface area contributed by atoms with Gasteiger partial charge in [-0.05, 0) is 49.2 Å². The Bertz CT molecular complexity index is 1010. The number of hydrogen-bond acceptors (Lipinski definition) is 6. The normalized spacial score (nSPS) is 14.0. The van der Waals surface area contributed by atoms with Crippen molar-refractivity contribution in [1.82, 2.24) is 25.5 Å². The number of nitrogens with zero attached hydrogens (tertiary/aromatic N) is 5. The Hall–Kier alpha value is -3.49. The lowest BCUT2D eigenvalue weighted by Crippen LogP contribution is -2.44. The van der Waals surface area contributed by atoms with Crippen LogP contribution in [0.2, 0.25) is 0 Å². The number of benzene rings is 1. The minimum absolute atomic E-state index is 0.0573. The summed E-state index contributed by atoms with van der Waals surface area (Å²) in [5, 5.41) is 15.2. The number of amides is 2. The molecule has 9 nitrogen and oxygen atoms in total. The third-order valence-electron chi connectivity index (χ3n) is 5.08. The molecule has 0 spiro atoms. The van der Waals surface area contributed by atoms with Crippen LogP contribution in [0, 0.1) is 6.92 Å². The van der Waals surface area contributed by atoms with E-state index in [4.69, 9.17) is 4.42 Å². The fraction of sp³-hybridized carbons (Fsp3) is 0.381. The quantitative estimate of drug-likeness (QED) is 0.643. The molecular weight excluding hydrogens is 384 g/mol. The first-order chi connectivity index (χ1) is 14.6. The van der Waals surface area contributed by atoms with Crippen molar-refractivity contribution in [3.05, 3.63) is 48.2 Å². The predicted molar refractivity (Wildman–Crippen MR) is 109 cm³/mol. The Morgan fingerprint density at radius 3 is 2.63 bits per heavy atom. The molecule has 3 aromatic rings. The van der Waals surface area contributed by atoms with Crippen LogP contribution in [0.4, 0.5) is 5.69 Å². The maximum atomic E-state index is 13.0. The number of anilines is 1. The number of para-hydroxylation sites is 1. The number of tetrazole rings is 1. The smallest absolute Gasteiger partial charge is 0.251 e. The number of aryl methyl sites for hydroxylation is 1. The van der Waals surface area contributed by atoms with Crippen molar-refractivity contribution in [3.63, 3.8) is 0 Å². The largest absolute Gasteiger partial charge is 0.458 e. The van der Waals surface area contributed by atoms with Crippen molar-refractivity contribution >= 4 is 17.5 Å². The Kier molecular flexibility index (Phi) is 5.87. The minimum atomic E-state index is -0.303. The fourth-order valence-electron chi connectivity index (χ4n) is 3.59. The maximum Gasteiger partial charge on any atom is 0.251 e. The summed E-state index contributed by atoms with van der Waals surface area (Å²) in [6.45, 7) is 1.63. The molecule has 0 unspecified atom stereocenters. The van der Waals surface area contributed by atoms with E-state index in [0.29, 0.717) is 17.3 Å². The number of rotatable bonds is 7. The van der Waals surface area contributed by atoms with Crippen LogP contribution in [0.3, 0.4) is 0 Å². The summed E-state index contributed by atoms with van der Waals surface area (Å²) >= 11 is 0. The van der Waals surface area contributed by atoms with E-state index in [1.54, 1.807) is 24.3 Å². The first-order valence-electron chi connectivity index (χ1n) is 10.1. The molecule has 0 bridgehead atoms. The first-order valence-corrected chi connectivity index (χ1v) is 10.1. The summed E-state index contributed by atoms with van der Waals surface area (Å²) < 4.78 is 5.49. The highest BCUT2D eigenvalue weighted by atomic mass is 16.3. The molecule has 0 radical (unpaired) electrons. The minimum Gasteiger partial charge on any atom is -0.458 e. The SMILES string of the molecule is Cc1ccc(-c2nnn(CC(=O)N(CC(=O)NC3CCCC3)c3ccccc3)n2)o1. The molecule has 0 atom stereocenters.